The third kappa shape index (κ3) is 5.66. The van der Waals surface area contributed by atoms with Gasteiger partial charge in [-0.25, -0.2) is 0 Å². The molecule has 228 valence electrons. The lowest BCUT2D eigenvalue weighted by molar-refractivity contribution is -0.159. The Morgan fingerprint density at radius 2 is 1.98 bits per heavy atom. The Labute approximate surface area is 255 Å². The largest absolute Gasteiger partial charge is 0.460 e. The van der Waals surface area contributed by atoms with Crippen LogP contribution in [0.2, 0.25) is 0 Å². The number of halogens is 1. The van der Waals surface area contributed by atoms with Gasteiger partial charge in [0.25, 0.3) is 5.91 Å². The molecule has 4 rings (SSSR count). The molecule has 7 atom stereocenters. The Morgan fingerprint density at radius 1 is 1.29 bits per heavy atom. The summed E-state index contributed by atoms with van der Waals surface area (Å²) in [5, 5.41) is 12.6. The summed E-state index contributed by atoms with van der Waals surface area (Å²) < 4.78 is 12.2. The highest BCUT2D eigenvalue weighted by Gasteiger charge is 2.77. The second kappa shape index (κ2) is 13.1. The van der Waals surface area contributed by atoms with E-state index in [1.54, 1.807) is 24.0 Å². The first kappa shape index (κ1) is 31.9. The van der Waals surface area contributed by atoms with Crippen molar-refractivity contribution in [3.8, 4) is 0 Å². The number of fused-ring (bicyclic) bond motifs is 1. The number of rotatable bonds is 13. The van der Waals surface area contributed by atoms with Crippen LogP contribution in [0.15, 0.2) is 43.5 Å². The van der Waals surface area contributed by atoms with Gasteiger partial charge in [0.05, 0.1) is 31.1 Å². The summed E-state index contributed by atoms with van der Waals surface area (Å²) in [6, 6.07) is 4.68. The molecular weight excluding hydrogens is 606 g/mol. The molecule has 1 unspecified atom stereocenters. The fourth-order valence-electron chi connectivity index (χ4n) is 6.72. The maximum absolute atomic E-state index is 14.5. The van der Waals surface area contributed by atoms with E-state index in [1.165, 1.54) is 4.90 Å². The van der Waals surface area contributed by atoms with Crippen molar-refractivity contribution in [2.75, 3.05) is 31.1 Å². The van der Waals surface area contributed by atoms with Gasteiger partial charge >= 0.3 is 5.97 Å². The molecule has 3 aliphatic heterocycles. The molecule has 10 nitrogen and oxygen atoms in total. The van der Waals surface area contributed by atoms with Gasteiger partial charge < -0.3 is 29.7 Å². The zero-order valence-corrected chi connectivity index (χ0v) is 26.0. The molecule has 2 bridgehead atoms. The smallest absolute Gasteiger partial charge is 0.312 e. The third-order valence-corrected chi connectivity index (χ3v) is 9.25. The van der Waals surface area contributed by atoms with Gasteiger partial charge in [-0.15, -0.1) is 13.2 Å². The number of anilines is 1. The van der Waals surface area contributed by atoms with Crippen molar-refractivity contribution in [2.24, 2.45) is 11.8 Å². The first-order valence-electron chi connectivity index (χ1n) is 14.3. The lowest BCUT2D eigenvalue weighted by atomic mass is 9.70. The minimum absolute atomic E-state index is 0.0853. The number of nitrogens with zero attached hydrogens (tertiary/aromatic N) is 2. The van der Waals surface area contributed by atoms with Crippen LogP contribution < -0.4 is 10.2 Å². The van der Waals surface area contributed by atoms with Crippen molar-refractivity contribution in [3.05, 3.63) is 54.6 Å². The van der Waals surface area contributed by atoms with E-state index >= 15 is 0 Å². The molecule has 3 fully saturated rings. The average molecular weight is 647 g/mol. The van der Waals surface area contributed by atoms with Crippen molar-refractivity contribution in [3.63, 3.8) is 0 Å². The van der Waals surface area contributed by atoms with Gasteiger partial charge in [0.1, 0.15) is 17.7 Å². The van der Waals surface area contributed by atoms with Crippen LogP contribution >= 0.6 is 15.9 Å². The Kier molecular flexibility index (Phi) is 9.95. The molecule has 3 saturated heterocycles. The lowest BCUT2D eigenvalue weighted by Crippen LogP contribution is -2.57. The molecule has 0 saturated carbocycles. The molecule has 3 heterocycles. The van der Waals surface area contributed by atoms with Crippen LogP contribution in [0.5, 0.6) is 0 Å². The summed E-state index contributed by atoms with van der Waals surface area (Å²) in [5.41, 5.74) is 1.21. The van der Waals surface area contributed by atoms with Crippen LogP contribution in [0.3, 0.4) is 0 Å². The van der Waals surface area contributed by atoms with Crippen LogP contribution in [0.1, 0.15) is 37.3 Å². The number of aliphatic hydroxyl groups excluding tert-OH is 1. The molecule has 11 heteroatoms. The monoisotopic (exact) mass is 645 g/mol. The summed E-state index contributed by atoms with van der Waals surface area (Å²) in [5.74, 6) is -3.49. The number of esters is 1. The summed E-state index contributed by atoms with van der Waals surface area (Å²) in [6.07, 6.45) is 3.11. The molecule has 42 heavy (non-hydrogen) atoms. The van der Waals surface area contributed by atoms with E-state index < -0.39 is 47.6 Å². The summed E-state index contributed by atoms with van der Waals surface area (Å²) in [6.45, 7) is 12.8. The minimum Gasteiger partial charge on any atom is -0.460 e. The summed E-state index contributed by atoms with van der Waals surface area (Å²) in [4.78, 5) is 56.8. The van der Waals surface area contributed by atoms with Gasteiger partial charge in [-0.2, -0.15) is 0 Å². The van der Waals surface area contributed by atoms with E-state index in [-0.39, 0.29) is 49.3 Å². The van der Waals surface area contributed by atoms with Crippen molar-refractivity contribution in [1.82, 2.24) is 10.2 Å². The lowest BCUT2D eigenvalue weighted by Gasteiger charge is -2.37. The second-order valence-corrected chi connectivity index (χ2v) is 12.5. The number of para-hydroxylation sites is 1. The molecule has 3 amide bonds. The van der Waals surface area contributed by atoms with E-state index in [9.17, 15) is 24.3 Å². The maximum Gasteiger partial charge on any atom is 0.312 e. The van der Waals surface area contributed by atoms with Gasteiger partial charge in [-0.3, -0.25) is 19.2 Å². The number of nitrogens with one attached hydrogen (secondary N) is 1. The number of alkyl halides is 1. The van der Waals surface area contributed by atoms with Gasteiger partial charge in [0, 0.05) is 30.0 Å². The van der Waals surface area contributed by atoms with E-state index in [0.717, 1.165) is 16.8 Å². The number of benzene rings is 1. The highest BCUT2D eigenvalue weighted by molar-refractivity contribution is 9.09. The quantitative estimate of drug-likeness (QED) is 0.192. The number of carbonyl (C=O) groups is 4. The summed E-state index contributed by atoms with van der Waals surface area (Å²) >= 11 is 3.65. The van der Waals surface area contributed by atoms with Crippen LogP contribution in [-0.4, -0.2) is 88.6 Å². The number of aliphatic hydroxyl groups is 1. The first-order chi connectivity index (χ1) is 20.0. The number of ether oxygens (including phenoxy) is 2. The zero-order chi connectivity index (χ0) is 30.8. The molecule has 0 radical (unpaired) electrons. The molecule has 3 aliphatic rings. The van der Waals surface area contributed by atoms with E-state index in [0.29, 0.717) is 12.8 Å². The minimum atomic E-state index is -1.29. The van der Waals surface area contributed by atoms with Crippen molar-refractivity contribution in [2.45, 2.75) is 68.7 Å². The van der Waals surface area contributed by atoms with Crippen molar-refractivity contribution >= 4 is 45.3 Å². The number of aryl methyl sites for hydroxylation is 2. The number of hydrogen-bond donors (Lipinski definition) is 2. The Bertz CT molecular complexity index is 1230. The molecule has 1 aromatic rings. The molecule has 0 aliphatic carbocycles. The predicted molar refractivity (Wildman–Crippen MR) is 161 cm³/mol. The molecular formula is C31H40BrN3O7. The van der Waals surface area contributed by atoms with Crippen LogP contribution in [0, 0.1) is 25.7 Å². The van der Waals surface area contributed by atoms with Gasteiger partial charge in [-0.1, -0.05) is 46.3 Å². The number of β-amino-alcohol motifs (C(OH)–C–C–N with tert-alkyl or cyclic N) is 1. The van der Waals surface area contributed by atoms with Crippen LogP contribution in [0.25, 0.3) is 0 Å². The normalized spacial score (nSPS) is 28.3. The molecule has 1 spiro atoms. The predicted octanol–water partition coefficient (Wildman–Crippen LogP) is 2.58. The number of hydrogen-bond acceptors (Lipinski definition) is 7. The van der Waals surface area contributed by atoms with Crippen LogP contribution in [0.4, 0.5) is 5.69 Å². The Balaban J connectivity index is 1.64. The standard InChI is InChI=1S/C31H40BrN3O7/c1-6-8-12-22(37)33-17-20(5)41-30(40)23-24-28(38)35(14-15-36)27(31(24)16-21(32)26(23)42-31)29(39)34(13-7-2)25-18(3)10-9-11-19(25)4/h6-7,9-11,20-21,23-24,26-27,36H,1-2,8,12-17H2,3-5H3,(H,33,37)/t20-,21?,23-,24+,26-,27-,31+/m1/s1. The topological polar surface area (TPSA) is 125 Å². The number of carbonyl (C=O) groups excluding carboxylic acids is 4. The van der Waals surface area contributed by atoms with Crippen molar-refractivity contribution < 1.29 is 33.8 Å². The third-order valence-electron chi connectivity index (χ3n) is 8.40. The highest BCUT2D eigenvalue weighted by Crippen LogP contribution is 2.60. The molecule has 1 aromatic carbocycles. The maximum atomic E-state index is 14.5. The summed E-state index contributed by atoms with van der Waals surface area (Å²) in [7, 11) is 0. The fraction of sp³-hybridized carbons (Fsp3) is 0.548. The Morgan fingerprint density at radius 3 is 2.60 bits per heavy atom. The highest BCUT2D eigenvalue weighted by atomic mass is 79.9. The Hall–Kier alpha value is -3.02. The van der Waals surface area contributed by atoms with Crippen LogP contribution in [-0.2, 0) is 28.7 Å². The van der Waals surface area contributed by atoms with Gasteiger partial charge in [-0.05, 0) is 44.7 Å². The second-order valence-electron chi connectivity index (χ2n) is 11.3. The van der Waals surface area contributed by atoms with E-state index in [2.05, 4.69) is 34.4 Å². The number of allylic oxidation sites excluding steroid dienone is 1. The van der Waals surface area contributed by atoms with Crippen molar-refractivity contribution in [1.29, 1.82) is 0 Å². The number of amides is 3. The SMILES string of the molecule is C=CCCC(=O)NC[C@@H](C)OC(=O)[C@H]1[C@@H]2O[C@@]3(CC2Br)[C@@H]1C(=O)N(CCO)[C@@H]3C(=O)N(CC=C)c1c(C)cccc1C. The fourth-order valence-corrected chi connectivity index (χ4v) is 7.67. The molecule has 2 N–H and O–H groups in total. The van der Waals surface area contributed by atoms with E-state index in [4.69, 9.17) is 9.47 Å². The van der Waals surface area contributed by atoms with E-state index in [1.807, 2.05) is 32.0 Å². The number of likely N-dealkylation sites (tertiary alicyclic amines) is 1. The first-order valence-corrected chi connectivity index (χ1v) is 15.2. The average Bonchev–Trinajstić information content (AvgIpc) is 3.53. The molecule has 0 aromatic heterocycles. The zero-order valence-electron chi connectivity index (χ0n) is 24.4. The van der Waals surface area contributed by atoms with Gasteiger partial charge in [0.2, 0.25) is 11.8 Å². The van der Waals surface area contributed by atoms with Gasteiger partial charge in [0.15, 0.2) is 0 Å².